The topological polar surface area (TPSA) is 114 Å². The first-order valence-electron chi connectivity index (χ1n) is 9.61. The smallest absolute Gasteiger partial charge is 0.258 e. The van der Waals surface area contributed by atoms with Gasteiger partial charge in [-0.05, 0) is 50.2 Å². The number of hydrogen-bond acceptors (Lipinski definition) is 6. The molecule has 2 aromatic heterocycles. The molecule has 0 spiro atoms. The molecule has 8 nitrogen and oxygen atoms in total. The number of hydrogen-bond donors (Lipinski definition) is 2. The molecule has 0 atom stereocenters. The zero-order valence-electron chi connectivity index (χ0n) is 17.2. The van der Waals surface area contributed by atoms with Gasteiger partial charge < -0.3 is 9.73 Å². The van der Waals surface area contributed by atoms with Crippen molar-refractivity contribution in [1.29, 1.82) is 0 Å². The molecule has 0 aliphatic rings. The van der Waals surface area contributed by atoms with E-state index in [4.69, 9.17) is 4.42 Å². The van der Waals surface area contributed by atoms with Crippen LogP contribution in [0.25, 0.3) is 11.0 Å². The second-order valence-corrected chi connectivity index (χ2v) is 8.87. The van der Waals surface area contributed by atoms with Crippen molar-refractivity contribution in [3.63, 3.8) is 0 Å². The van der Waals surface area contributed by atoms with Crippen molar-refractivity contribution in [2.75, 3.05) is 5.32 Å². The number of aromatic nitrogens is 2. The Balaban J connectivity index is 1.60. The number of furan rings is 1. The molecular formula is C22H19FN4O4S. The summed E-state index contributed by atoms with van der Waals surface area (Å²) in [5.74, 6) is -0.800. The average molecular weight is 454 g/mol. The van der Waals surface area contributed by atoms with E-state index < -0.39 is 21.7 Å². The van der Waals surface area contributed by atoms with Gasteiger partial charge in [-0.3, -0.25) is 4.79 Å². The van der Waals surface area contributed by atoms with Crippen LogP contribution in [-0.4, -0.2) is 24.3 Å². The average Bonchev–Trinajstić information content (AvgIpc) is 3.27. The van der Waals surface area contributed by atoms with Crippen molar-refractivity contribution in [3.8, 4) is 0 Å². The molecule has 0 unspecified atom stereocenters. The molecule has 0 aliphatic carbocycles. The van der Waals surface area contributed by atoms with Crippen molar-refractivity contribution in [1.82, 2.24) is 14.7 Å². The first-order chi connectivity index (χ1) is 15.2. The molecular weight excluding hydrogens is 435 g/mol. The number of carbonyl (C=O) groups is 1. The summed E-state index contributed by atoms with van der Waals surface area (Å²) in [6.45, 7) is 3.48. The molecule has 0 bridgehead atoms. The van der Waals surface area contributed by atoms with E-state index in [0.717, 1.165) is 6.07 Å². The number of anilines is 1. The lowest BCUT2D eigenvalue weighted by Gasteiger charge is -2.11. The number of benzene rings is 2. The van der Waals surface area contributed by atoms with E-state index in [9.17, 15) is 17.6 Å². The van der Waals surface area contributed by atoms with Crippen LogP contribution in [0.15, 0.2) is 64.1 Å². The lowest BCUT2D eigenvalue weighted by Crippen LogP contribution is -2.23. The molecule has 2 N–H and O–H groups in total. The number of fused-ring (bicyclic) bond motifs is 1. The number of nitrogens with one attached hydrogen (secondary N) is 2. The highest BCUT2D eigenvalue weighted by molar-refractivity contribution is 7.89. The highest BCUT2D eigenvalue weighted by Gasteiger charge is 2.18. The van der Waals surface area contributed by atoms with Crippen molar-refractivity contribution < 1.29 is 22.0 Å². The molecule has 4 rings (SSSR count). The van der Waals surface area contributed by atoms with Gasteiger partial charge in [0, 0.05) is 11.8 Å². The minimum Gasteiger partial charge on any atom is -0.468 e. The highest BCUT2D eigenvalue weighted by Crippen LogP contribution is 2.22. The summed E-state index contributed by atoms with van der Waals surface area (Å²) in [4.78, 5) is 21.5. The van der Waals surface area contributed by atoms with Crippen LogP contribution in [0, 0.1) is 19.7 Å². The van der Waals surface area contributed by atoms with Crippen LogP contribution < -0.4 is 10.0 Å². The molecule has 0 saturated carbocycles. The summed E-state index contributed by atoms with van der Waals surface area (Å²) in [7, 11) is -3.85. The van der Waals surface area contributed by atoms with Crippen LogP contribution in [0.3, 0.4) is 0 Å². The van der Waals surface area contributed by atoms with Gasteiger partial charge in [-0.2, -0.15) is 0 Å². The van der Waals surface area contributed by atoms with Gasteiger partial charge in [-0.15, -0.1) is 0 Å². The molecule has 10 heteroatoms. The second-order valence-electron chi connectivity index (χ2n) is 7.10. The Morgan fingerprint density at radius 2 is 1.84 bits per heavy atom. The van der Waals surface area contributed by atoms with Crippen molar-refractivity contribution >= 4 is 32.7 Å². The molecule has 0 fully saturated rings. The van der Waals surface area contributed by atoms with Gasteiger partial charge in [0.25, 0.3) is 5.91 Å². The van der Waals surface area contributed by atoms with E-state index in [1.165, 1.54) is 36.6 Å². The van der Waals surface area contributed by atoms with Crippen molar-refractivity contribution in [2.45, 2.75) is 25.3 Å². The number of aryl methyl sites for hydroxylation is 2. The lowest BCUT2D eigenvalue weighted by atomic mass is 10.1. The highest BCUT2D eigenvalue weighted by atomic mass is 32.2. The van der Waals surface area contributed by atoms with Gasteiger partial charge in [-0.25, -0.2) is 27.5 Å². The fourth-order valence-electron chi connectivity index (χ4n) is 3.07. The summed E-state index contributed by atoms with van der Waals surface area (Å²) in [5.41, 5.74) is 2.00. The van der Waals surface area contributed by atoms with E-state index in [0.29, 0.717) is 17.1 Å². The molecule has 2 heterocycles. The fraction of sp³-hybridized carbons (Fsp3) is 0.136. The van der Waals surface area contributed by atoms with Gasteiger partial charge >= 0.3 is 0 Å². The summed E-state index contributed by atoms with van der Waals surface area (Å²) >= 11 is 0. The van der Waals surface area contributed by atoms with Crippen LogP contribution in [0.5, 0.6) is 0 Å². The summed E-state index contributed by atoms with van der Waals surface area (Å²) in [6.07, 6.45) is 1.45. The Bertz CT molecular complexity index is 1420. The van der Waals surface area contributed by atoms with E-state index in [1.807, 2.05) is 0 Å². The first-order valence-corrected chi connectivity index (χ1v) is 11.1. The zero-order valence-corrected chi connectivity index (χ0v) is 18.0. The second kappa shape index (κ2) is 8.48. The maximum atomic E-state index is 14.1. The third-order valence-electron chi connectivity index (χ3n) is 4.81. The molecule has 32 heavy (non-hydrogen) atoms. The Kier molecular flexibility index (Phi) is 5.72. The van der Waals surface area contributed by atoms with Crippen LogP contribution >= 0.6 is 0 Å². The molecule has 0 saturated heterocycles. The summed E-state index contributed by atoms with van der Waals surface area (Å²) in [6, 6.07) is 11.3. The number of halogens is 1. The Morgan fingerprint density at radius 3 is 2.59 bits per heavy atom. The Hall–Kier alpha value is -3.63. The minimum atomic E-state index is -3.85. The number of nitrogens with zero attached hydrogens (tertiary/aromatic N) is 2. The van der Waals surface area contributed by atoms with Gasteiger partial charge in [0.05, 0.1) is 40.2 Å². The van der Waals surface area contributed by atoms with Gasteiger partial charge in [0.15, 0.2) is 0 Å². The molecule has 0 aliphatic heterocycles. The Morgan fingerprint density at radius 1 is 1.06 bits per heavy atom. The summed E-state index contributed by atoms with van der Waals surface area (Å²) in [5, 5.41) is 2.61. The van der Waals surface area contributed by atoms with E-state index in [1.54, 1.807) is 26.0 Å². The standard InChI is InChI=1S/C22H19FN4O4S/c1-13-14(2)26-21-19(9-15(23)10-20(21)25-13)22(28)27-16-5-3-7-18(11-16)32(29,30)24-12-17-6-4-8-31-17/h3-11,24H,12H2,1-2H3,(H,27,28). The predicted octanol–water partition coefficient (Wildman–Crippen LogP) is 3.71. The monoisotopic (exact) mass is 454 g/mol. The number of carbonyl (C=O) groups excluding carboxylic acids is 1. The van der Waals surface area contributed by atoms with E-state index >= 15 is 0 Å². The van der Waals surface area contributed by atoms with E-state index in [2.05, 4.69) is 20.0 Å². The van der Waals surface area contributed by atoms with Gasteiger partial charge in [0.2, 0.25) is 10.0 Å². The van der Waals surface area contributed by atoms with Crippen molar-refractivity contribution in [3.05, 3.63) is 83.3 Å². The normalized spacial score (nSPS) is 11.6. The SMILES string of the molecule is Cc1nc2cc(F)cc(C(=O)Nc3cccc(S(=O)(=O)NCc4ccco4)c3)c2nc1C. The number of rotatable bonds is 6. The molecule has 4 aromatic rings. The number of sulfonamides is 1. The van der Waals surface area contributed by atoms with Crippen molar-refractivity contribution in [2.24, 2.45) is 0 Å². The number of amides is 1. The third-order valence-corrected chi connectivity index (χ3v) is 6.21. The fourth-order valence-corrected chi connectivity index (χ4v) is 4.11. The maximum Gasteiger partial charge on any atom is 0.258 e. The van der Waals surface area contributed by atoms with Crippen LogP contribution in [0.2, 0.25) is 0 Å². The predicted molar refractivity (Wildman–Crippen MR) is 116 cm³/mol. The maximum absolute atomic E-state index is 14.1. The Labute approximate surface area is 183 Å². The zero-order chi connectivity index (χ0) is 22.9. The summed E-state index contributed by atoms with van der Waals surface area (Å²) < 4.78 is 46.8. The molecule has 2 aromatic carbocycles. The minimum absolute atomic E-state index is 0.000181. The quantitative estimate of drug-likeness (QED) is 0.459. The molecule has 0 radical (unpaired) electrons. The van der Waals surface area contributed by atoms with Gasteiger partial charge in [-0.1, -0.05) is 6.07 Å². The lowest BCUT2D eigenvalue weighted by molar-refractivity contribution is 0.102. The first kappa shape index (κ1) is 21.6. The molecule has 1 amide bonds. The van der Waals surface area contributed by atoms with Crippen LogP contribution in [-0.2, 0) is 16.6 Å². The van der Waals surface area contributed by atoms with Crippen LogP contribution in [0.4, 0.5) is 10.1 Å². The largest absolute Gasteiger partial charge is 0.468 e. The third kappa shape index (κ3) is 4.51. The van der Waals surface area contributed by atoms with E-state index in [-0.39, 0.29) is 33.7 Å². The molecule has 164 valence electrons. The van der Waals surface area contributed by atoms with Crippen LogP contribution in [0.1, 0.15) is 27.5 Å². The van der Waals surface area contributed by atoms with Gasteiger partial charge in [0.1, 0.15) is 17.1 Å².